The first-order valence-electron chi connectivity index (χ1n) is 7.57. The van der Waals surface area contributed by atoms with Gasteiger partial charge in [0, 0.05) is 24.3 Å². The maximum Gasteiger partial charge on any atom is 0.268 e. The Morgan fingerprint density at radius 3 is 2.78 bits per heavy atom. The van der Waals surface area contributed by atoms with E-state index >= 15 is 0 Å². The quantitative estimate of drug-likeness (QED) is 0.737. The average molecular weight is 312 g/mol. The van der Waals surface area contributed by atoms with Gasteiger partial charge in [0.1, 0.15) is 11.5 Å². The number of fused-ring (bicyclic) bond motifs is 1. The smallest absolute Gasteiger partial charge is 0.268 e. The van der Waals surface area contributed by atoms with E-state index in [9.17, 15) is 9.18 Å². The second-order valence-corrected chi connectivity index (χ2v) is 5.23. The second kappa shape index (κ2) is 6.56. The summed E-state index contributed by atoms with van der Waals surface area (Å²) in [6, 6.07) is 7.82. The molecule has 0 saturated carbocycles. The molecule has 3 aromatic rings. The van der Waals surface area contributed by atoms with Crippen LogP contribution in [0, 0.1) is 5.82 Å². The number of unbranched alkanes of at least 4 members (excludes halogenated alkanes) is 1. The Balaban J connectivity index is 2.11. The van der Waals surface area contributed by atoms with Crippen molar-refractivity contribution in [2.45, 2.75) is 19.8 Å². The summed E-state index contributed by atoms with van der Waals surface area (Å²) in [6.45, 7) is 2.66. The molecular formula is C17H17FN4O. The summed E-state index contributed by atoms with van der Waals surface area (Å²) in [5, 5.41) is 3.64. The van der Waals surface area contributed by atoms with Crippen LogP contribution in [0.15, 0.2) is 42.7 Å². The molecule has 2 aromatic heterocycles. The molecule has 0 aliphatic rings. The molecule has 0 radical (unpaired) electrons. The molecule has 118 valence electrons. The molecule has 0 aliphatic carbocycles. The minimum atomic E-state index is -0.370. The highest BCUT2D eigenvalue weighted by Gasteiger charge is 2.18. The first-order valence-corrected chi connectivity index (χ1v) is 7.57. The largest absolute Gasteiger partial charge is 0.351 e. The molecule has 0 unspecified atom stereocenters. The number of halogens is 1. The Bertz CT molecular complexity index is 829. The van der Waals surface area contributed by atoms with Gasteiger partial charge in [0.05, 0.1) is 5.52 Å². The first-order chi connectivity index (χ1) is 11.2. The molecule has 0 fully saturated rings. The van der Waals surface area contributed by atoms with E-state index in [2.05, 4.69) is 22.2 Å². The van der Waals surface area contributed by atoms with Gasteiger partial charge >= 0.3 is 0 Å². The van der Waals surface area contributed by atoms with Gasteiger partial charge in [0.15, 0.2) is 0 Å². The van der Waals surface area contributed by atoms with E-state index in [-0.39, 0.29) is 11.7 Å². The van der Waals surface area contributed by atoms with E-state index in [0.717, 1.165) is 18.2 Å². The van der Waals surface area contributed by atoms with E-state index < -0.39 is 0 Å². The van der Waals surface area contributed by atoms with Crippen LogP contribution in [0.3, 0.4) is 0 Å². The number of benzene rings is 1. The van der Waals surface area contributed by atoms with Crippen LogP contribution in [-0.4, -0.2) is 27.0 Å². The Morgan fingerprint density at radius 2 is 2.04 bits per heavy atom. The van der Waals surface area contributed by atoms with Gasteiger partial charge in [-0.05, 0) is 36.8 Å². The van der Waals surface area contributed by atoms with Crippen molar-refractivity contribution in [3.63, 3.8) is 0 Å². The number of amides is 1. The third-order valence-corrected chi connectivity index (χ3v) is 3.57. The summed E-state index contributed by atoms with van der Waals surface area (Å²) in [5.41, 5.74) is 0.963. The number of nitrogens with zero attached hydrogens (tertiary/aromatic N) is 3. The van der Waals surface area contributed by atoms with Crippen LogP contribution in [0.2, 0.25) is 0 Å². The van der Waals surface area contributed by atoms with Crippen molar-refractivity contribution in [2.24, 2.45) is 0 Å². The summed E-state index contributed by atoms with van der Waals surface area (Å²) in [7, 11) is 0. The molecule has 0 atom stereocenters. The Hall–Kier alpha value is -2.76. The highest BCUT2D eigenvalue weighted by molar-refractivity contribution is 5.99. The van der Waals surface area contributed by atoms with Crippen molar-refractivity contribution in [3.8, 4) is 5.95 Å². The predicted octanol–water partition coefficient (Wildman–Crippen LogP) is 3.09. The third kappa shape index (κ3) is 3.06. The molecule has 6 heteroatoms. The molecule has 5 nitrogen and oxygen atoms in total. The maximum absolute atomic E-state index is 13.6. The highest BCUT2D eigenvalue weighted by Crippen LogP contribution is 2.23. The molecule has 0 bridgehead atoms. The lowest BCUT2D eigenvalue weighted by molar-refractivity contribution is 0.0946. The zero-order chi connectivity index (χ0) is 16.2. The molecule has 0 saturated heterocycles. The molecule has 23 heavy (non-hydrogen) atoms. The van der Waals surface area contributed by atoms with Crippen molar-refractivity contribution in [1.82, 2.24) is 19.9 Å². The minimum Gasteiger partial charge on any atom is -0.351 e. The summed E-state index contributed by atoms with van der Waals surface area (Å²) in [5.74, 6) is -0.248. The van der Waals surface area contributed by atoms with Gasteiger partial charge in [-0.2, -0.15) is 0 Å². The molecule has 2 heterocycles. The molecule has 0 spiro atoms. The van der Waals surface area contributed by atoms with Crippen molar-refractivity contribution in [3.05, 3.63) is 54.2 Å². The summed E-state index contributed by atoms with van der Waals surface area (Å²) < 4.78 is 15.2. The molecule has 1 amide bonds. The third-order valence-electron chi connectivity index (χ3n) is 3.57. The van der Waals surface area contributed by atoms with Crippen LogP contribution in [0.1, 0.15) is 30.3 Å². The summed E-state index contributed by atoms with van der Waals surface area (Å²) >= 11 is 0. The standard InChI is InChI=1S/C17H17FN4O/c1-2-3-7-19-16(23)15-10-12-5-6-13(18)11-14(12)22(15)17-20-8-4-9-21-17/h4-6,8-11H,2-3,7H2,1H3,(H,19,23). The first kappa shape index (κ1) is 15.1. The minimum absolute atomic E-state index is 0.220. The topological polar surface area (TPSA) is 59.8 Å². The monoisotopic (exact) mass is 312 g/mol. The molecule has 3 rings (SSSR count). The zero-order valence-corrected chi connectivity index (χ0v) is 12.8. The SMILES string of the molecule is CCCCNC(=O)c1cc2ccc(F)cc2n1-c1ncccn1. The van der Waals surface area contributed by atoms with Crippen molar-refractivity contribution in [2.75, 3.05) is 6.54 Å². The van der Waals surface area contributed by atoms with Crippen molar-refractivity contribution >= 4 is 16.8 Å². The fourth-order valence-electron chi connectivity index (χ4n) is 2.43. The average Bonchev–Trinajstić information content (AvgIpc) is 2.94. The number of carbonyl (C=O) groups is 1. The van der Waals surface area contributed by atoms with E-state index in [4.69, 9.17) is 0 Å². The van der Waals surface area contributed by atoms with E-state index in [1.807, 2.05) is 0 Å². The molecular weight excluding hydrogens is 295 g/mol. The van der Waals surface area contributed by atoms with Crippen LogP contribution < -0.4 is 5.32 Å². The zero-order valence-electron chi connectivity index (χ0n) is 12.8. The van der Waals surface area contributed by atoms with E-state index in [1.165, 1.54) is 12.1 Å². The number of carbonyl (C=O) groups excluding carboxylic acids is 1. The van der Waals surface area contributed by atoms with Gasteiger partial charge in [-0.25, -0.2) is 14.4 Å². The van der Waals surface area contributed by atoms with Crippen LogP contribution in [0.5, 0.6) is 0 Å². The van der Waals surface area contributed by atoms with Gasteiger partial charge in [0.2, 0.25) is 5.95 Å². The van der Waals surface area contributed by atoms with Gasteiger partial charge in [0.25, 0.3) is 5.91 Å². The van der Waals surface area contributed by atoms with Gasteiger partial charge in [-0.15, -0.1) is 0 Å². The predicted molar refractivity (Wildman–Crippen MR) is 86.1 cm³/mol. The van der Waals surface area contributed by atoms with E-state index in [1.54, 1.807) is 35.2 Å². The summed E-state index contributed by atoms with van der Waals surface area (Å²) in [6.07, 6.45) is 5.08. The fourth-order valence-corrected chi connectivity index (χ4v) is 2.43. The number of aromatic nitrogens is 3. The number of rotatable bonds is 5. The lowest BCUT2D eigenvalue weighted by atomic mass is 10.2. The number of hydrogen-bond donors (Lipinski definition) is 1. The lowest BCUT2D eigenvalue weighted by Crippen LogP contribution is -2.26. The Labute approximate surface area is 133 Å². The van der Waals surface area contributed by atoms with Crippen molar-refractivity contribution in [1.29, 1.82) is 0 Å². The Kier molecular flexibility index (Phi) is 4.32. The maximum atomic E-state index is 13.6. The number of nitrogens with one attached hydrogen (secondary N) is 1. The molecule has 1 N–H and O–H groups in total. The van der Waals surface area contributed by atoms with Crippen LogP contribution in [0.25, 0.3) is 16.9 Å². The van der Waals surface area contributed by atoms with Crippen LogP contribution in [0.4, 0.5) is 4.39 Å². The van der Waals surface area contributed by atoms with Gasteiger partial charge in [-0.3, -0.25) is 9.36 Å². The fraction of sp³-hybridized carbons (Fsp3) is 0.235. The second-order valence-electron chi connectivity index (χ2n) is 5.23. The molecule has 0 aliphatic heterocycles. The van der Waals surface area contributed by atoms with Crippen LogP contribution >= 0.6 is 0 Å². The van der Waals surface area contributed by atoms with Gasteiger partial charge < -0.3 is 5.32 Å². The lowest BCUT2D eigenvalue weighted by Gasteiger charge is -2.09. The Morgan fingerprint density at radius 1 is 1.26 bits per heavy atom. The van der Waals surface area contributed by atoms with Crippen LogP contribution in [-0.2, 0) is 0 Å². The normalized spacial score (nSPS) is 10.9. The van der Waals surface area contributed by atoms with Crippen molar-refractivity contribution < 1.29 is 9.18 Å². The summed E-state index contributed by atoms with van der Waals surface area (Å²) in [4.78, 5) is 20.9. The highest BCUT2D eigenvalue weighted by atomic mass is 19.1. The number of hydrogen-bond acceptors (Lipinski definition) is 3. The van der Waals surface area contributed by atoms with E-state index in [0.29, 0.717) is 23.7 Å². The molecule has 1 aromatic carbocycles. The van der Waals surface area contributed by atoms with Gasteiger partial charge in [-0.1, -0.05) is 13.3 Å².